The van der Waals surface area contributed by atoms with Gasteiger partial charge in [-0.05, 0) is 50.7 Å². The Morgan fingerprint density at radius 3 is 2.45 bits per heavy atom. The third kappa shape index (κ3) is 3.69. The van der Waals surface area contributed by atoms with Crippen molar-refractivity contribution in [3.05, 3.63) is 34.4 Å². The molecular formula is C18H26O2. The minimum atomic E-state index is 0.123. The van der Waals surface area contributed by atoms with Crippen LogP contribution in [-0.4, -0.2) is 18.5 Å². The van der Waals surface area contributed by atoms with Gasteiger partial charge in [-0.25, -0.2) is 0 Å². The Labute approximate surface area is 122 Å². The van der Waals surface area contributed by atoms with Gasteiger partial charge >= 0.3 is 0 Å². The molecule has 20 heavy (non-hydrogen) atoms. The molecule has 2 heteroatoms. The molecule has 0 N–H and O–H groups in total. The summed E-state index contributed by atoms with van der Waals surface area (Å²) in [5.41, 5.74) is 4.18. The van der Waals surface area contributed by atoms with E-state index in [1.54, 1.807) is 0 Å². The SMILES string of the molecule is Cc1cc(C)c(C(=O)COC2CCCC(C)C2)c(C)c1. The number of aryl methyl sites for hydroxylation is 3. The Bertz CT molecular complexity index is 467. The minimum absolute atomic E-state index is 0.123. The number of benzene rings is 1. The zero-order valence-electron chi connectivity index (χ0n) is 13.2. The standard InChI is InChI=1S/C18H26O2/c1-12-6-5-7-16(10-12)20-11-17(19)18-14(3)8-13(2)9-15(18)4/h8-9,12,16H,5-7,10-11H2,1-4H3. The topological polar surface area (TPSA) is 26.3 Å². The summed E-state index contributed by atoms with van der Waals surface area (Å²) in [5, 5.41) is 0. The summed E-state index contributed by atoms with van der Waals surface area (Å²) in [7, 11) is 0. The predicted octanol–water partition coefficient (Wildman–Crippen LogP) is 4.39. The predicted molar refractivity (Wildman–Crippen MR) is 82.4 cm³/mol. The summed E-state index contributed by atoms with van der Waals surface area (Å²) < 4.78 is 5.86. The van der Waals surface area contributed by atoms with Gasteiger partial charge in [0.15, 0.2) is 5.78 Å². The maximum absolute atomic E-state index is 12.4. The van der Waals surface area contributed by atoms with Crippen LogP contribution in [0.1, 0.15) is 59.7 Å². The van der Waals surface area contributed by atoms with Crippen molar-refractivity contribution in [1.29, 1.82) is 0 Å². The first kappa shape index (κ1) is 15.2. The number of carbonyl (C=O) groups is 1. The van der Waals surface area contributed by atoms with Crippen LogP contribution in [0.3, 0.4) is 0 Å². The van der Waals surface area contributed by atoms with Crippen LogP contribution < -0.4 is 0 Å². The van der Waals surface area contributed by atoms with Crippen molar-refractivity contribution < 1.29 is 9.53 Å². The normalized spacial score (nSPS) is 22.8. The molecule has 0 spiro atoms. The van der Waals surface area contributed by atoms with E-state index in [4.69, 9.17) is 4.74 Å². The summed E-state index contributed by atoms with van der Waals surface area (Å²) in [6, 6.07) is 4.14. The third-order valence-corrected chi connectivity index (χ3v) is 4.29. The van der Waals surface area contributed by atoms with Crippen LogP contribution >= 0.6 is 0 Å². The van der Waals surface area contributed by atoms with Gasteiger partial charge in [0.2, 0.25) is 0 Å². The fourth-order valence-electron chi connectivity index (χ4n) is 3.42. The van der Waals surface area contributed by atoms with E-state index >= 15 is 0 Å². The Balaban J connectivity index is 1.98. The molecule has 0 saturated heterocycles. The number of ether oxygens (including phenoxy) is 1. The molecule has 2 atom stereocenters. The largest absolute Gasteiger partial charge is 0.370 e. The number of rotatable bonds is 4. The lowest BCUT2D eigenvalue weighted by Gasteiger charge is -2.26. The van der Waals surface area contributed by atoms with Crippen LogP contribution in [0.5, 0.6) is 0 Å². The summed E-state index contributed by atoms with van der Waals surface area (Å²) in [5.74, 6) is 0.852. The van der Waals surface area contributed by atoms with Crippen molar-refractivity contribution in [2.75, 3.05) is 6.61 Å². The lowest BCUT2D eigenvalue weighted by atomic mass is 9.88. The molecule has 1 saturated carbocycles. The van der Waals surface area contributed by atoms with Gasteiger partial charge in [-0.3, -0.25) is 4.79 Å². The number of hydrogen-bond donors (Lipinski definition) is 0. The Hall–Kier alpha value is -1.15. The smallest absolute Gasteiger partial charge is 0.189 e. The molecule has 1 fully saturated rings. The fourth-order valence-corrected chi connectivity index (χ4v) is 3.42. The molecule has 0 bridgehead atoms. The average molecular weight is 274 g/mol. The maximum atomic E-state index is 12.4. The molecule has 0 heterocycles. The average Bonchev–Trinajstić information content (AvgIpc) is 2.35. The van der Waals surface area contributed by atoms with E-state index in [0.717, 1.165) is 35.4 Å². The van der Waals surface area contributed by atoms with Crippen molar-refractivity contribution in [1.82, 2.24) is 0 Å². The Morgan fingerprint density at radius 2 is 1.85 bits per heavy atom. The highest BCUT2D eigenvalue weighted by Gasteiger charge is 2.21. The summed E-state index contributed by atoms with van der Waals surface area (Å²) in [6.45, 7) is 8.58. The molecule has 0 radical (unpaired) electrons. The molecule has 2 nitrogen and oxygen atoms in total. The Morgan fingerprint density at radius 1 is 1.20 bits per heavy atom. The molecule has 1 aliphatic rings. The fraction of sp³-hybridized carbons (Fsp3) is 0.611. The van der Waals surface area contributed by atoms with Crippen molar-refractivity contribution >= 4 is 5.78 Å². The van der Waals surface area contributed by atoms with Gasteiger partial charge in [-0.15, -0.1) is 0 Å². The number of hydrogen-bond acceptors (Lipinski definition) is 2. The van der Waals surface area contributed by atoms with E-state index < -0.39 is 0 Å². The second-order valence-corrected chi connectivity index (χ2v) is 6.40. The van der Waals surface area contributed by atoms with Crippen LogP contribution in [-0.2, 0) is 4.74 Å². The lowest BCUT2D eigenvalue weighted by molar-refractivity contribution is 0.0181. The van der Waals surface area contributed by atoms with Gasteiger partial charge < -0.3 is 4.74 Å². The Kier molecular flexibility index (Phi) is 4.98. The van der Waals surface area contributed by atoms with Crippen LogP contribution in [0, 0.1) is 26.7 Å². The molecule has 1 aliphatic carbocycles. The van der Waals surface area contributed by atoms with Gasteiger partial charge in [0.05, 0.1) is 6.10 Å². The van der Waals surface area contributed by atoms with Crippen molar-refractivity contribution in [2.45, 2.75) is 59.5 Å². The molecule has 110 valence electrons. The second kappa shape index (κ2) is 6.53. The second-order valence-electron chi connectivity index (χ2n) is 6.40. The van der Waals surface area contributed by atoms with E-state index in [2.05, 4.69) is 26.0 Å². The third-order valence-electron chi connectivity index (χ3n) is 4.29. The lowest BCUT2D eigenvalue weighted by Crippen LogP contribution is -2.24. The summed E-state index contributed by atoms with van der Waals surface area (Å²) in [6.07, 6.45) is 4.99. The van der Waals surface area contributed by atoms with Crippen molar-refractivity contribution in [2.24, 2.45) is 5.92 Å². The van der Waals surface area contributed by atoms with Crippen molar-refractivity contribution in [3.63, 3.8) is 0 Å². The first-order chi connectivity index (χ1) is 9.47. The van der Waals surface area contributed by atoms with Gasteiger partial charge in [0, 0.05) is 5.56 Å². The number of carbonyl (C=O) groups excluding carboxylic acids is 1. The quantitative estimate of drug-likeness (QED) is 0.761. The molecule has 0 aliphatic heterocycles. The number of Topliss-reactive ketones (excluding diaryl/α,β-unsaturated/α-hetero) is 1. The zero-order chi connectivity index (χ0) is 14.7. The molecule has 1 aromatic carbocycles. The van der Waals surface area contributed by atoms with E-state index in [1.165, 1.54) is 18.4 Å². The monoisotopic (exact) mass is 274 g/mol. The van der Waals surface area contributed by atoms with E-state index in [-0.39, 0.29) is 18.5 Å². The highest BCUT2D eigenvalue weighted by molar-refractivity contribution is 5.99. The molecule has 2 rings (SSSR count). The van der Waals surface area contributed by atoms with E-state index in [9.17, 15) is 4.79 Å². The first-order valence-electron chi connectivity index (χ1n) is 7.70. The van der Waals surface area contributed by atoms with Crippen LogP contribution in [0.15, 0.2) is 12.1 Å². The van der Waals surface area contributed by atoms with Gasteiger partial charge in [0.25, 0.3) is 0 Å². The zero-order valence-corrected chi connectivity index (χ0v) is 13.2. The van der Waals surface area contributed by atoms with Crippen LogP contribution in [0.2, 0.25) is 0 Å². The van der Waals surface area contributed by atoms with Crippen LogP contribution in [0.4, 0.5) is 0 Å². The molecule has 2 unspecified atom stereocenters. The van der Waals surface area contributed by atoms with Crippen molar-refractivity contribution in [3.8, 4) is 0 Å². The number of ketones is 1. The molecule has 0 aromatic heterocycles. The maximum Gasteiger partial charge on any atom is 0.189 e. The van der Waals surface area contributed by atoms with Crippen LogP contribution in [0.25, 0.3) is 0 Å². The minimum Gasteiger partial charge on any atom is -0.370 e. The van der Waals surface area contributed by atoms with Gasteiger partial charge in [-0.2, -0.15) is 0 Å². The first-order valence-corrected chi connectivity index (χ1v) is 7.70. The molecular weight excluding hydrogens is 248 g/mol. The summed E-state index contributed by atoms with van der Waals surface area (Å²) in [4.78, 5) is 12.4. The summed E-state index contributed by atoms with van der Waals surface area (Å²) >= 11 is 0. The van der Waals surface area contributed by atoms with Gasteiger partial charge in [0.1, 0.15) is 6.61 Å². The van der Waals surface area contributed by atoms with E-state index in [1.807, 2.05) is 13.8 Å². The molecule has 1 aromatic rings. The van der Waals surface area contributed by atoms with E-state index in [0.29, 0.717) is 0 Å². The highest BCUT2D eigenvalue weighted by atomic mass is 16.5. The van der Waals surface area contributed by atoms with Gasteiger partial charge in [-0.1, -0.05) is 37.5 Å². The highest BCUT2D eigenvalue weighted by Crippen LogP contribution is 2.26. The molecule has 0 amide bonds.